The molecule has 0 bridgehead atoms. The Morgan fingerprint density at radius 3 is 2.09 bits per heavy atom. The summed E-state index contributed by atoms with van der Waals surface area (Å²) < 4.78 is 89.0. The monoisotopic (exact) mass is 362 g/mol. The van der Waals surface area contributed by atoms with Crippen molar-refractivity contribution in [2.24, 2.45) is 0 Å². The summed E-state index contributed by atoms with van der Waals surface area (Å²) in [5.41, 5.74) is 0. The van der Waals surface area contributed by atoms with Crippen molar-refractivity contribution in [3.05, 3.63) is 29.6 Å². The third-order valence-corrected chi connectivity index (χ3v) is 5.47. The van der Waals surface area contributed by atoms with Gasteiger partial charge in [0.25, 0.3) is 0 Å². The van der Waals surface area contributed by atoms with E-state index in [1.807, 2.05) is 0 Å². The smallest absolute Gasteiger partial charge is 0.310 e. The van der Waals surface area contributed by atoms with Gasteiger partial charge in [-0.2, -0.15) is 8.42 Å². The Balaban J connectivity index is 3.05. The van der Waals surface area contributed by atoms with Crippen molar-refractivity contribution < 1.29 is 39.4 Å². The van der Waals surface area contributed by atoms with Gasteiger partial charge in [0.2, 0.25) is 0 Å². The average Bonchev–Trinajstić information content (AvgIpc) is 2.34. The lowest BCUT2D eigenvalue weighted by atomic mass is 10.3. The third kappa shape index (κ3) is 4.79. The van der Waals surface area contributed by atoms with Gasteiger partial charge in [-0.1, -0.05) is 0 Å². The van der Waals surface area contributed by atoms with Gasteiger partial charge in [-0.05, 0) is 13.8 Å². The van der Waals surface area contributed by atoms with E-state index in [1.165, 1.54) is 13.8 Å². The van der Waals surface area contributed by atoms with Gasteiger partial charge in [0.15, 0.2) is 11.2 Å². The second kappa shape index (κ2) is 7.10. The second-order valence-electron chi connectivity index (χ2n) is 4.35. The van der Waals surface area contributed by atoms with E-state index in [2.05, 4.69) is 8.71 Å². The SMILES string of the molecule is COP(=O)(COS(=O)(=O)c1c(F)cc(F)cc1F)OC(C)C. The molecule has 0 spiro atoms. The molecule has 22 heavy (non-hydrogen) atoms. The Labute approximate surface area is 125 Å². The van der Waals surface area contributed by atoms with Gasteiger partial charge in [-0.25, -0.2) is 13.2 Å². The predicted molar refractivity (Wildman–Crippen MR) is 70.3 cm³/mol. The van der Waals surface area contributed by atoms with Crippen LogP contribution in [0, 0.1) is 17.5 Å². The van der Waals surface area contributed by atoms with E-state index in [-0.39, 0.29) is 12.1 Å². The van der Waals surface area contributed by atoms with Crippen LogP contribution in [0.1, 0.15) is 13.8 Å². The van der Waals surface area contributed by atoms with Crippen LogP contribution in [0.4, 0.5) is 13.2 Å². The average molecular weight is 362 g/mol. The summed E-state index contributed by atoms with van der Waals surface area (Å²) in [6, 6.07) is 0.361. The third-order valence-electron chi connectivity index (χ3n) is 2.23. The molecule has 0 aliphatic rings. The molecule has 0 saturated carbocycles. The first kappa shape index (κ1) is 19.1. The molecule has 0 saturated heterocycles. The van der Waals surface area contributed by atoms with Crippen molar-refractivity contribution in [3.63, 3.8) is 0 Å². The first-order valence-corrected chi connectivity index (χ1v) is 9.01. The van der Waals surface area contributed by atoms with Crippen molar-refractivity contribution >= 4 is 17.7 Å². The summed E-state index contributed by atoms with van der Waals surface area (Å²) in [5, 5.41) is 0. The standard InChI is InChI=1S/C11H14F3O6PS/c1-7(2)20-21(15,18-3)6-19-22(16,17)11-9(13)4-8(12)5-10(11)14/h4-5,7H,6H2,1-3H3. The van der Waals surface area contributed by atoms with Crippen LogP contribution in [-0.4, -0.2) is 28.0 Å². The molecular weight excluding hydrogens is 348 g/mol. The fourth-order valence-corrected chi connectivity index (χ4v) is 4.09. The number of rotatable bonds is 7. The van der Waals surface area contributed by atoms with Crippen LogP contribution in [0.2, 0.25) is 0 Å². The molecule has 1 rings (SSSR count). The molecule has 126 valence electrons. The van der Waals surface area contributed by atoms with Crippen LogP contribution >= 0.6 is 7.60 Å². The molecule has 1 aromatic rings. The van der Waals surface area contributed by atoms with E-state index in [4.69, 9.17) is 4.52 Å². The van der Waals surface area contributed by atoms with Crippen molar-refractivity contribution in [2.45, 2.75) is 24.8 Å². The normalized spacial score (nSPS) is 15.0. The van der Waals surface area contributed by atoms with Gasteiger partial charge in [0, 0.05) is 19.2 Å². The van der Waals surface area contributed by atoms with Crippen LogP contribution in [0.15, 0.2) is 17.0 Å². The van der Waals surface area contributed by atoms with E-state index in [9.17, 15) is 26.2 Å². The van der Waals surface area contributed by atoms with Gasteiger partial charge in [0.1, 0.15) is 17.5 Å². The molecule has 1 aromatic carbocycles. The fourth-order valence-electron chi connectivity index (χ4n) is 1.41. The van der Waals surface area contributed by atoms with Crippen LogP contribution in [0.25, 0.3) is 0 Å². The topological polar surface area (TPSA) is 78.9 Å². The maximum absolute atomic E-state index is 13.4. The Bertz CT molecular complexity index is 668. The van der Waals surface area contributed by atoms with Crippen molar-refractivity contribution in [1.29, 1.82) is 0 Å². The van der Waals surface area contributed by atoms with Gasteiger partial charge in [-0.3, -0.25) is 8.75 Å². The molecule has 1 atom stereocenters. The van der Waals surface area contributed by atoms with Crippen LogP contribution in [-0.2, 0) is 27.9 Å². The molecule has 0 aliphatic heterocycles. The molecule has 0 aromatic heterocycles. The predicted octanol–water partition coefficient (Wildman–Crippen LogP) is 3.03. The highest BCUT2D eigenvalue weighted by Crippen LogP contribution is 2.49. The number of halogens is 3. The zero-order chi connectivity index (χ0) is 17.1. The van der Waals surface area contributed by atoms with Crippen molar-refractivity contribution in [2.75, 3.05) is 13.5 Å². The molecule has 0 heterocycles. The van der Waals surface area contributed by atoms with Gasteiger partial charge >= 0.3 is 17.7 Å². The summed E-state index contributed by atoms with van der Waals surface area (Å²) in [5.74, 6) is -4.64. The second-order valence-corrected chi connectivity index (χ2v) is 7.96. The van der Waals surface area contributed by atoms with E-state index < -0.39 is 52.5 Å². The first-order valence-electron chi connectivity index (χ1n) is 5.88. The molecule has 0 amide bonds. The fraction of sp³-hybridized carbons (Fsp3) is 0.455. The molecule has 0 radical (unpaired) electrons. The molecule has 0 N–H and O–H groups in total. The van der Waals surface area contributed by atoms with Gasteiger partial charge < -0.3 is 9.05 Å². The quantitative estimate of drug-likeness (QED) is 0.548. The molecule has 0 aliphatic carbocycles. The number of hydrogen-bond acceptors (Lipinski definition) is 6. The van der Waals surface area contributed by atoms with E-state index in [0.29, 0.717) is 0 Å². The molecule has 0 fully saturated rings. The van der Waals surface area contributed by atoms with Gasteiger partial charge in [0.05, 0.1) is 6.10 Å². The summed E-state index contributed by atoms with van der Waals surface area (Å²) in [6.45, 7) is 3.03. The summed E-state index contributed by atoms with van der Waals surface area (Å²) in [6.07, 6.45) is -1.66. The molecule has 6 nitrogen and oxygen atoms in total. The van der Waals surface area contributed by atoms with E-state index >= 15 is 0 Å². The number of benzene rings is 1. The van der Waals surface area contributed by atoms with Crippen molar-refractivity contribution in [3.8, 4) is 0 Å². The first-order chi connectivity index (χ1) is 10.0. The van der Waals surface area contributed by atoms with Crippen LogP contribution < -0.4 is 0 Å². The minimum absolute atomic E-state index is 0.180. The summed E-state index contributed by atoms with van der Waals surface area (Å²) in [4.78, 5) is -1.49. The maximum Gasteiger partial charge on any atom is 0.357 e. The van der Waals surface area contributed by atoms with E-state index in [1.54, 1.807) is 0 Å². The maximum atomic E-state index is 13.4. The van der Waals surface area contributed by atoms with Gasteiger partial charge in [-0.15, -0.1) is 0 Å². The Hall–Kier alpha value is -0.930. The largest absolute Gasteiger partial charge is 0.357 e. The highest BCUT2D eigenvalue weighted by molar-refractivity contribution is 7.87. The highest BCUT2D eigenvalue weighted by atomic mass is 32.2. The lowest BCUT2D eigenvalue weighted by molar-refractivity contribution is 0.171. The van der Waals surface area contributed by atoms with Crippen LogP contribution in [0.3, 0.4) is 0 Å². The molecule has 11 heteroatoms. The minimum Gasteiger partial charge on any atom is -0.310 e. The van der Waals surface area contributed by atoms with E-state index in [0.717, 1.165) is 7.11 Å². The zero-order valence-electron chi connectivity index (χ0n) is 11.9. The lowest BCUT2D eigenvalue weighted by Gasteiger charge is -2.18. The lowest BCUT2D eigenvalue weighted by Crippen LogP contribution is -2.14. The number of hydrogen-bond donors (Lipinski definition) is 0. The Morgan fingerprint density at radius 1 is 1.18 bits per heavy atom. The highest BCUT2D eigenvalue weighted by Gasteiger charge is 2.32. The summed E-state index contributed by atoms with van der Waals surface area (Å²) >= 11 is 0. The molecular formula is C11H14F3O6PS. The summed E-state index contributed by atoms with van der Waals surface area (Å²) in [7, 11) is -7.90. The Kier molecular flexibility index (Phi) is 6.17. The Morgan fingerprint density at radius 2 is 1.68 bits per heavy atom. The minimum atomic E-state index is -4.97. The zero-order valence-corrected chi connectivity index (χ0v) is 13.6. The van der Waals surface area contributed by atoms with Crippen LogP contribution in [0.5, 0.6) is 0 Å². The molecule has 1 unspecified atom stereocenters. The van der Waals surface area contributed by atoms with Crippen molar-refractivity contribution in [1.82, 2.24) is 0 Å².